The topological polar surface area (TPSA) is 75.6 Å². The average Bonchev–Trinajstić information content (AvgIpc) is 2.60. The Hall–Kier alpha value is -2.53. The van der Waals surface area contributed by atoms with Gasteiger partial charge in [-0.3, -0.25) is 4.79 Å². The highest BCUT2D eigenvalue weighted by molar-refractivity contribution is 6.30. The third-order valence-corrected chi connectivity index (χ3v) is 4.16. The largest absolute Gasteiger partial charge is 0.497 e. The summed E-state index contributed by atoms with van der Waals surface area (Å²) in [6.07, 6.45) is 0.171. The highest BCUT2D eigenvalue weighted by Crippen LogP contribution is 2.24. The molecule has 0 bridgehead atoms. The second-order valence-electron chi connectivity index (χ2n) is 5.77. The van der Waals surface area contributed by atoms with E-state index >= 15 is 0 Å². The van der Waals surface area contributed by atoms with E-state index in [9.17, 15) is 14.7 Å². The Balaban J connectivity index is 2.05. The number of aliphatic carboxylic acids is 1. The van der Waals surface area contributed by atoms with Crippen LogP contribution in [-0.2, 0) is 9.59 Å². The Bertz CT molecular complexity index is 745. The summed E-state index contributed by atoms with van der Waals surface area (Å²) in [4.78, 5) is 23.8. The van der Waals surface area contributed by atoms with E-state index in [2.05, 4.69) is 5.32 Å². The molecule has 132 valence electrons. The van der Waals surface area contributed by atoms with Gasteiger partial charge in [0.1, 0.15) is 5.75 Å². The number of hydrogen-bond donors (Lipinski definition) is 2. The zero-order valence-corrected chi connectivity index (χ0v) is 14.8. The number of hydrogen-bond acceptors (Lipinski definition) is 3. The van der Waals surface area contributed by atoms with Crippen molar-refractivity contribution in [2.75, 3.05) is 7.11 Å². The van der Waals surface area contributed by atoms with Crippen LogP contribution in [0.25, 0.3) is 0 Å². The molecule has 2 rings (SSSR count). The van der Waals surface area contributed by atoms with Gasteiger partial charge in [0.05, 0.1) is 7.11 Å². The van der Waals surface area contributed by atoms with Crippen molar-refractivity contribution in [3.05, 3.63) is 64.7 Å². The molecular formula is C19H20ClNO4. The number of amides is 1. The molecule has 0 aromatic heterocycles. The molecule has 0 aliphatic heterocycles. The average molecular weight is 362 g/mol. The number of rotatable bonds is 7. The summed E-state index contributed by atoms with van der Waals surface area (Å²) in [7, 11) is 1.58. The van der Waals surface area contributed by atoms with E-state index in [1.807, 2.05) is 31.2 Å². The van der Waals surface area contributed by atoms with Gasteiger partial charge in [-0.25, -0.2) is 4.79 Å². The molecule has 0 saturated carbocycles. The van der Waals surface area contributed by atoms with Gasteiger partial charge in [-0.15, -0.1) is 0 Å². The summed E-state index contributed by atoms with van der Waals surface area (Å²) < 4.78 is 5.18. The normalized spacial score (nSPS) is 12.9. The van der Waals surface area contributed by atoms with Crippen LogP contribution in [0.2, 0.25) is 5.02 Å². The highest BCUT2D eigenvalue weighted by Gasteiger charge is 2.23. The predicted molar refractivity (Wildman–Crippen MR) is 96.0 cm³/mol. The minimum Gasteiger partial charge on any atom is -0.497 e. The first-order chi connectivity index (χ1) is 11.9. The molecule has 0 spiro atoms. The molecule has 5 nitrogen and oxygen atoms in total. The van der Waals surface area contributed by atoms with Crippen LogP contribution in [0.5, 0.6) is 5.75 Å². The molecule has 25 heavy (non-hydrogen) atoms. The number of methoxy groups -OCH3 is 1. The van der Waals surface area contributed by atoms with E-state index in [0.717, 1.165) is 5.56 Å². The molecule has 0 fully saturated rings. The van der Waals surface area contributed by atoms with Crippen LogP contribution in [0.3, 0.4) is 0 Å². The molecule has 2 aromatic rings. The maximum atomic E-state index is 12.3. The summed E-state index contributed by atoms with van der Waals surface area (Å²) in [6.45, 7) is 1.91. The van der Waals surface area contributed by atoms with Crippen LogP contribution < -0.4 is 10.1 Å². The van der Waals surface area contributed by atoms with Crippen molar-refractivity contribution in [2.45, 2.75) is 25.3 Å². The van der Waals surface area contributed by atoms with Crippen LogP contribution in [0, 0.1) is 0 Å². The second-order valence-corrected chi connectivity index (χ2v) is 6.21. The fourth-order valence-corrected chi connectivity index (χ4v) is 2.63. The first-order valence-corrected chi connectivity index (χ1v) is 8.20. The number of ether oxygens (including phenoxy) is 1. The lowest BCUT2D eigenvalue weighted by Crippen LogP contribution is -2.34. The molecule has 6 heteroatoms. The predicted octanol–water partition coefficient (Wildman–Crippen LogP) is 3.78. The number of nitrogens with one attached hydrogen (secondary N) is 1. The molecule has 2 unspecified atom stereocenters. The van der Waals surface area contributed by atoms with Gasteiger partial charge in [0, 0.05) is 11.4 Å². The number of carbonyl (C=O) groups is 2. The monoisotopic (exact) mass is 361 g/mol. The molecular weight excluding hydrogens is 342 g/mol. The second kappa shape index (κ2) is 8.53. The summed E-state index contributed by atoms with van der Waals surface area (Å²) in [5, 5.41) is 12.5. The smallest absolute Gasteiger partial charge is 0.330 e. The first-order valence-electron chi connectivity index (χ1n) is 7.82. The van der Waals surface area contributed by atoms with E-state index in [1.165, 1.54) is 0 Å². The third kappa shape index (κ3) is 5.22. The molecule has 0 aliphatic carbocycles. The summed E-state index contributed by atoms with van der Waals surface area (Å²) >= 11 is 5.82. The van der Waals surface area contributed by atoms with E-state index < -0.39 is 12.0 Å². The Kier molecular flexibility index (Phi) is 6.42. The lowest BCUT2D eigenvalue weighted by molar-refractivity contribution is -0.142. The minimum atomic E-state index is -1.12. The van der Waals surface area contributed by atoms with Crippen LogP contribution in [-0.4, -0.2) is 24.1 Å². The standard InChI is InChI=1S/C19H20ClNO4/c1-12(14-4-3-5-16(11-14)25-2)10-17(22)21-18(19(23)24)13-6-8-15(20)9-7-13/h3-9,11-12,18H,10H2,1-2H3,(H,21,22)(H,23,24). The van der Waals surface area contributed by atoms with Crippen LogP contribution in [0.4, 0.5) is 0 Å². The van der Waals surface area contributed by atoms with Crippen molar-refractivity contribution in [3.63, 3.8) is 0 Å². The summed E-state index contributed by atoms with van der Waals surface area (Å²) in [5.41, 5.74) is 1.42. The van der Waals surface area contributed by atoms with E-state index in [-0.39, 0.29) is 18.2 Å². The molecule has 2 aromatic carbocycles. The molecule has 0 aliphatic rings. The Morgan fingerprint density at radius 2 is 1.84 bits per heavy atom. The number of carboxylic acids is 1. The minimum absolute atomic E-state index is 0.0743. The molecule has 2 atom stereocenters. The van der Waals surface area contributed by atoms with Crippen molar-refractivity contribution in [2.24, 2.45) is 0 Å². The van der Waals surface area contributed by atoms with Crippen molar-refractivity contribution in [1.82, 2.24) is 5.32 Å². The SMILES string of the molecule is COc1cccc(C(C)CC(=O)NC(C(=O)O)c2ccc(Cl)cc2)c1. The van der Waals surface area contributed by atoms with Gasteiger partial charge in [0.15, 0.2) is 6.04 Å². The van der Waals surface area contributed by atoms with E-state index in [4.69, 9.17) is 16.3 Å². The van der Waals surface area contributed by atoms with Crippen LogP contribution >= 0.6 is 11.6 Å². The number of carboxylic acid groups (broad SMARTS) is 1. The molecule has 1 amide bonds. The van der Waals surface area contributed by atoms with Crippen molar-refractivity contribution in [3.8, 4) is 5.75 Å². The molecule has 2 N–H and O–H groups in total. The van der Waals surface area contributed by atoms with Gasteiger partial charge in [0.25, 0.3) is 0 Å². The zero-order valence-electron chi connectivity index (χ0n) is 14.0. The van der Waals surface area contributed by atoms with Gasteiger partial charge >= 0.3 is 5.97 Å². The maximum absolute atomic E-state index is 12.3. The summed E-state index contributed by atoms with van der Waals surface area (Å²) in [5.74, 6) is -0.813. The molecule has 0 radical (unpaired) electrons. The highest BCUT2D eigenvalue weighted by atomic mass is 35.5. The lowest BCUT2D eigenvalue weighted by atomic mass is 9.97. The number of benzene rings is 2. The van der Waals surface area contributed by atoms with Crippen molar-refractivity contribution < 1.29 is 19.4 Å². The third-order valence-electron chi connectivity index (χ3n) is 3.91. The van der Waals surface area contributed by atoms with Crippen LogP contribution in [0.15, 0.2) is 48.5 Å². The molecule has 0 saturated heterocycles. The van der Waals surface area contributed by atoms with Gasteiger partial charge in [-0.05, 0) is 41.3 Å². The van der Waals surface area contributed by atoms with Gasteiger partial charge in [0.2, 0.25) is 5.91 Å². The van der Waals surface area contributed by atoms with E-state index in [0.29, 0.717) is 16.3 Å². The first kappa shape index (κ1) is 18.8. The van der Waals surface area contributed by atoms with Crippen molar-refractivity contribution in [1.29, 1.82) is 0 Å². The summed E-state index contributed by atoms with van der Waals surface area (Å²) in [6, 6.07) is 12.7. The van der Waals surface area contributed by atoms with Gasteiger partial charge in [-0.1, -0.05) is 42.8 Å². The quantitative estimate of drug-likeness (QED) is 0.786. The van der Waals surface area contributed by atoms with Crippen molar-refractivity contribution >= 4 is 23.5 Å². The zero-order chi connectivity index (χ0) is 18.4. The molecule has 0 heterocycles. The van der Waals surface area contributed by atoms with E-state index in [1.54, 1.807) is 31.4 Å². The Labute approximate surface area is 151 Å². The van der Waals surface area contributed by atoms with Gasteiger partial charge < -0.3 is 15.2 Å². The fraction of sp³-hybridized carbons (Fsp3) is 0.263. The Morgan fingerprint density at radius 3 is 2.44 bits per heavy atom. The maximum Gasteiger partial charge on any atom is 0.330 e. The lowest BCUT2D eigenvalue weighted by Gasteiger charge is -2.17. The Morgan fingerprint density at radius 1 is 1.16 bits per heavy atom. The number of halogens is 1. The number of carbonyl (C=O) groups excluding carboxylic acids is 1. The van der Waals surface area contributed by atoms with Crippen LogP contribution in [0.1, 0.15) is 36.4 Å². The fourth-order valence-electron chi connectivity index (χ4n) is 2.51. The van der Waals surface area contributed by atoms with Gasteiger partial charge in [-0.2, -0.15) is 0 Å².